The van der Waals surface area contributed by atoms with Crippen LogP contribution in [-0.2, 0) is 22.7 Å². The van der Waals surface area contributed by atoms with Crippen LogP contribution in [0.25, 0.3) is 0 Å². The quantitative estimate of drug-likeness (QED) is 0.826. The van der Waals surface area contributed by atoms with E-state index in [1.165, 1.54) is 0 Å². The first-order chi connectivity index (χ1) is 14.4. The zero-order chi connectivity index (χ0) is 21.3. The van der Waals surface area contributed by atoms with E-state index in [0.717, 1.165) is 16.9 Å². The van der Waals surface area contributed by atoms with E-state index in [2.05, 4.69) is 0 Å². The summed E-state index contributed by atoms with van der Waals surface area (Å²) in [6.07, 6.45) is 1.75. The van der Waals surface area contributed by atoms with Crippen LogP contribution in [-0.4, -0.2) is 51.5 Å². The minimum absolute atomic E-state index is 0.0914. The van der Waals surface area contributed by atoms with Gasteiger partial charge in [-0.15, -0.1) is 0 Å². The van der Waals surface area contributed by atoms with E-state index in [4.69, 9.17) is 4.74 Å². The van der Waals surface area contributed by atoms with Gasteiger partial charge in [0.25, 0.3) is 0 Å². The predicted molar refractivity (Wildman–Crippen MR) is 113 cm³/mol. The summed E-state index contributed by atoms with van der Waals surface area (Å²) in [7, 11) is 1.60. The molecule has 3 aliphatic rings. The third kappa shape index (κ3) is 3.79. The number of benzene rings is 2. The second-order valence-corrected chi connectivity index (χ2v) is 8.43. The Morgan fingerprint density at radius 2 is 1.60 bits per heavy atom. The minimum atomic E-state index is -1.28. The van der Waals surface area contributed by atoms with Gasteiger partial charge in [0.05, 0.1) is 12.7 Å². The molecule has 2 bridgehead atoms. The van der Waals surface area contributed by atoms with Gasteiger partial charge in [-0.1, -0.05) is 42.5 Å². The molecule has 158 valence electrons. The van der Waals surface area contributed by atoms with E-state index in [1.54, 1.807) is 23.8 Å². The Labute approximate surface area is 177 Å². The van der Waals surface area contributed by atoms with E-state index in [-0.39, 0.29) is 18.4 Å². The number of hydrogen-bond acceptors (Lipinski definition) is 4. The van der Waals surface area contributed by atoms with Crippen molar-refractivity contribution in [1.82, 2.24) is 9.80 Å². The Bertz CT molecular complexity index is 911. The molecule has 6 nitrogen and oxygen atoms in total. The molecule has 0 radical (unpaired) electrons. The summed E-state index contributed by atoms with van der Waals surface area (Å²) in [4.78, 5) is 30.3. The van der Waals surface area contributed by atoms with Crippen molar-refractivity contribution >= 4 is 11.8 Å². The number of methoxy groups -OCH3 is 1. The highest BCUT2D eigenvalue weighted by Gasteiger charge is 2.54. The number of nitrogens with zero attached hydrogens (tertiary/aromatic N) is 2. The van der Waals surface area contributed by atoms with E-state index in [0.29, 0.717) is 25.8 Å². The number of carbonyl (C=O) groups excluding carboxylic acids is 2. The van der Waals surface area contributed by atoms with Gasteiger partial charge in [-0.05, 0) is 49.4 Å². The van der Waals surface area contributed by atoms with E-state index in [1.807, 2.05) is 54.6 Å². The van der Waals surface area contributed by atoms with Gasteiger partial charge in [0, 0.05) is 13.1 Å². The van der Waals surface area contributed by atoms with Crippen molar-refractivity contribution in [2.24, 2.45) is 0 Å². The Hall–Kier alpha value is -2.86. The van der Waals surface area contributed by atoms with Gasteiger partial charge in [-0.2, -0.15) is 0 Å². The average Bonchev–Trinajstić information content (AvgIpc) is 2.74. The molecule has 0 aromatic heterocycles. The third-order valence-electron chi connectivity index (χ3n) is 6.23. The van der Waals surface area contributed by atoms with Crippen molar-refractivity contribution < 1.29 is 19.4 Å². The largest absolute Gasteiger partial charge is 0.497 e. The highest BCUT2D eigenvalue weighted by molar-refractivity contribution is 5.98. The number of amides is 2. The summed E-state index contributed by atoms with van der Waals surface area (Å²) in [5.74, 6) is 0.462. The fraction of sp³-hybridized carbons (Fsp3) is 0.417. The van der Waals surface area contributed by atoms with Gasteiger partial charge >= 0.3 is 0 Å². The summed E-state index contributed by atoms with van der Waals surface area (Å²) < 4.78 is 5.21. The summed E-state index contributed by atoms with van der Waals surface area (Å²) >= 11 is 0. The van der Waals surface area contributed by atoms with Gasteiger partial charge in [0.15, 0.2) is 0 Å². The molecule has 1 N–H and O–H groups in total. The Balaban J connectivity index is 1.67. The molecule has 5 rings (SSSR count). The van der Waals surface area contributed by atoms with Gasteiger partial charge in [-0.3, -0.25) is 9.59 Å². The lowest BCUT2D eigenvalue weighted by Crippen LogP contribution is -2.70. The molecule has 3 heterocycles. The zero-order valence-electron chi connectivity index (χ0n) is 17.5. The number of carbonyl (C=O) groups is 2. The molecular weight excluding hydrogens is 380 g/mol. The minimum Gasteiger partial charge on any atom is -0.497 e. The van der Waals surface area contributed by atoms with Crippen LogP contribution < -0.4 is 4.74 Å². The number of aliphatic hydroxyl groups is 1. The fourth-order valence-electron chi connectivity index (χ4n) is 4.63. The van der Waals surface area contributed by atoms with Crippen LogP contribution >= 0.6 is 0 Å². The normalized spacial score (nSPS) is 26.5. The Morgan fingerprint density at radius 1 is 0.967 bits per heavy atom. The standard InChI is InChI=1S/C24H28N2O4/c1-24(29)14-6-9-20-22(27)26(16-18-10-12-19(30-2)13-11-18)21(24)23(28)25(20)15-17-7-4-3-5-8-17/h3-5,7-8,10-13,20-21,29H,6,9,14-16H2,1-2H3/t20-,21+,24+/m0/s1. The lowest BCUT2D eigenvalue weighted by molar-refractivity contribution is -0.179. The highest BCUT2D eigenvalue weighted by Crippen LogP contribution is 2.36. The molecule has 3 aliphatic heterocycles. The topological polar surface area (TPSA) is 70.1 Å². The molecule has 0 unspecified atom stereocenters. The molecule has 0 aliphatic carbocycles. The van der Waals surface area contributed by atoms with Gasteiger partial charge in [0.2, 0.25) is 11.8 Å². The maximum Gasteiger partial charge on any atom is 0.249 e. The molecular formula is C24H28N2O4. The maximum atomic E-state index is 13.6. The lowest BCUT2D eigenvalue weighted by Gasteiger charge is -2.51. The number of hydrogen-bond donors (Lipinski definition) is 1. The van der Waals surface area contributed by atoms with Crippen molar-refractivity contribution in [2.75, 3.05) is 7.11 Å². The summed E-state index contributed by atoms with van der Waals surface area (Å²) in [6.45, 7) is 2.33. The molecule has 2 aromatic carbocycles. The fourth-order valence-corrected chi connectivity index (χ4v) is 4.63. The molecule has 2 amide bonds. The molecule has 30 heavy (non-hydrogen) atoms. The Morgan fingerprint density at radius 3 is 2.27 bits per heavy atom. The number of fused-ring (bicyclic) bond motifs is 5. The van der Waals surface area contributed by atoms with Crippen molar-refractivity contribution in [3.63, 3.8) is 0 Å². The lowest BCUT2D eigenvalue weighted by atomic mass is 9.81. The van der Waals surface area contributed by atoms with Crippen LogP contribution in [0.15, 0.2) is 54.6 Å². The third-order valence-corrected chi connectivity index (χ3v) is 6.23. The van der Waals surface area contributed by atoms with Crippen molar-refractivity contribution in [3.8, 4) is 5.75 Å². The van der Waals surface area contributed by atoms with Crippen LogP contribution in [0.3, 0.4) is 0 Å². The molecule has 3 saturated heterocycles. The first-order valence-corrected chi connectivity index (χ1v) is 10.4. The van der Waals surface area contributed by atoms with Gasteiger partial charge < -0.3 is 19.6 Å². The Kier molecular flexibility index (Phi) is 5.52. The van der Waals surface area contributed by atoms with Crippen molar-refractivity contribution in [1.29, 1.82) is 0 Å². The van der Waals surface area contributed by atoms with Crippen LogP contribution in [0.5, 0.6) is 5.75 Å². The predicted octanol–water partition coefficient (Wildman–Crippen LogP) is 2.74. The van der Waals surface area contributed by atoms with Gasteiger partial charge in [-0.25, -0.2) is 0 Å². The molecule has 3 atom stereocenters. The second-order valence-electron chi connectivity index (χ2n) is 8.43. The van der Waals surface area contributed by atoms with E-state index < -0.39 is 17.7 Å². The molecule has 2 aromatic rings. The van der Waals surface area contributed by atoms with Crippen LogP contribution in [0, 0.1) is 0 Å². The van der Waals surface area contributed by atoms with Crippen LogP contribution in [0.2, 0.25) is 0 Å². The van der Waals surface area contributed by atoms with Gasteiger partial charge in [0.1, 0.15) is 17.8 Å². The first kappa shape index (κ1) is 20.4. The highest BCUT2D eigenvalue weighted by atomic mass is 16.5. The van der Waals surface area contributed by atoms with E-state index >= 15 is 0 Å². The summed E-state index contributed by atoms with van der Waals surface area (Å²) in [5, 5.41) is 11.2. The smallest absolute Gasteiger partial charge is 0.249 e. The van der Waals surface area contributed by atoms with E-state index in [9.17, 15) is 14.7 Å². The van der Waals surface area contributed by atoms with Crippen LogP contribution in [0.1, 0.15) is 37.3 Å². The number of ether oxygens (including phenoxy) is 1. The number of rotatable bonds is 5. The molecule has 0 saturated carbocycles. The molecule has 0 spiro atoms. The monoisotopic (exact) mass is 408 g/mol. The van der Waals surface area contributed by atoms with Crippen molar-refractivity contribution in [3.05, 3.63) is 65.7 Å². The second kappa shape index (κ2) is 8.11. The molecule has 3 fully saturated rings. The number of piperazine rings is 1. The molecule has 6 heteroatoms. The maximum absolute atomic E-state index is 13.6. The van der Waals surface area contributed by atoms with Crippen LogP contribution in [0.4, 0.5) is 0 Å². The average molecular weight is 408 g/mol. The zero-order valence-corrected chi connectivity index (χ0v) is 17.5. The summed E-state index contributed by atoms with van der Waals surface area (Å²) in [5.41, 5.74) is 0.597. The SMILES string of the molecule is COc1ccc(CN2C(=O)[C@@H]3CCC[C@@](C)(O)[C@H]2C(=O)N3Cc2ccccc2)cc1. The first-order valence-electron chi connectivity index (χ1n) is 10.4. The summed E-state index contributed by atoms with van der Waals surface area (Å²) in [6, 6.07) is 15.8. The van der Waals surface area contributed by atoms with Crippen molar-refractivity contribution in [2.45, 2.75) is 57.0 Å².